The molecule has 21 heavy (non-hydrogen) atoms. The maximum absolute atomic E-state index is 4.81. The lowest BCUT2D eigenvalue weighted by Crippen LogP contribution is -2.37. The van der Waals surface area contributed by atoms with Crippen LogP contribution < -0.4 is 4.90 Å². The van der Waals surface area contributed by atoms with Crippen molar-refractivity contribution in [2.24, 2.45) is 0 Å². The molecular formula is C17H28N4. The van der Waals surface area contributed by atoms with Crippen molar-refractivity contribution in [3.05, 3.63) is 17.1 Å². The van der Waals surface area contributed by atoms with Crippen molar-refractivity contribution in [1.82, 2.24) is 14.9 Å². The van der Waals surface area contributed by atoms with Crippen LogP contribution in [0.15, 0.2) is 0 Å². The lowest BCUT2D eigenvalue weighted by molar-refractivity contribution is 0.232. The number of anilines is 1. The zero-order valence-electron chi connectivity index (χ0n) is 13.7. The molecule has 1 aliphatic heterocycles. The van der Waals surface area contributed by atoms with Gasteiger partial charge in [-0.25, -0.2) is 9.97 Å². The maximum Gasteiger partial charge on any atom is 0.135 e. The average Bonchev–Trinajstić information content (AvgIpc) is 2.97. The van der Waals surface area contributed by atoms with Gasteiger partial charge in [0.05, 0.1) is 0 Å². The van der Waals surface area contributed by atoms with Crippen LogP contribution in [-0.4, -0.2) is 47.1 Å². The van der Waals surface area contributed by atoms with Gasteiger partial charge in [0.1, 0.15) is 11.6 Å². The molecule has 0 saturated carbocycles. The highest BCUT2D eigenvalue weighted by Crippen LogP contribution is 2.30. The molecule has 1 atom stereocenters. The highest BCUT2D eigenvalue weighted by atomic mass is 15.3. The molecule has 2 aliphatic rings. The van der Waals surface area contributed by atoms with Crippen molar-refractivity contribution in [3.63, 3.8) is 0 Å². The molecule has 116 valence electrons. The van der Waals surface area contributed by atoms with Crippen LogP contribution in [0.4, 0.5) is 5.82 Å². The van der Waals surface area contributed by atoms with E-state index in [4.69, 9.17) is 4.98 Å². The summed E-state index contributed by atoms with van der Waals surface area (Å²) in [7, 11) is 0. The molecular weight excluding hydrogens is 260 g/mol. The Hall–Kier alpha value is -1.16. The topological polar surface area (TPSA) is 32.3 Å². The van der Waals surface area contributed by atoms with Crippen LogP contribution in [0, 0.1) is 6.92 Å². The first-order valence-electron chi connectivity index (χ1n) is 8.58. The zero-order chi connectivity index (χ0) is 14.8. The number of nitrogens with zero attached hydrogens (tertiary/aromatic N) is 4. The second kappa shape index (κ2) is 6.30. The lowest BCUT2D eigenvalue weighted by atomic mass is 9.96. The Morgan fingerprint density at radius 2 is 1.90 bits per heavy atom. The molecule has 2 heterocycles. The van der Waals surface area contributed by atoms with E-state index in [9.17, 15) is 0 Å². The van der Waals surface area contributed by atoms with Gasteiger partial charge in [-0.05, 0) is 52.1 Å². The van der Waals surface area contributed by atoms with Crippen LogP contribution in [0.25, 0.3) is 0 Å². The number of fused-ring (bicyclic) bond motifs is 1. The molecule has 0 spiro atoms. The predicted molar refractivity (Wildman–Crippen MR) is 87.0 cm³/mol. The first-order chi connectivity index (χ1) is 10.2. The molecule has 0 radical (unpaired) electrons. The van der Waals surface area contributed by atoms with Crippen molar-refractivity contribution in [2.75, 3.05) is 31.1 Å². The van der Waals surface area contributed by atoms with E-state index in [0.717, 1.165) is 44.8 Å². The largest absolute Gasteiger partial charge is 0.355 e. The summed E-state index contributed by atoms with van der Waals surface area (Å²) >= 11 is 0. The Balaban J connectivity index is 1.83. The molecule has 0 amide bonds. The third-order valence-corrected chi connectivity index (χ3v) is 5.06. The monoisotopic (exact) mass is 288 g/mol. The Morgan fingerprint density at radius 1 is 1.14 bits per heavy atom. The van der Waals surface area contributed by atoms with E-state index in [1.807, 2.05) is 6.92 Å². The van der Waals surface area contributed by atoms with Crippen LogP contribution in [-0.2, 0) is 12.8 Å². The van der Waals surface area contributed by atoms with E-state index in [1.54, 1.807) is 0 Å². The highest BCUT2D eigenvalue weighted by Gasteiger charge is 2.29. The van der Waals surface area contributed by atoms with E-state index >= 15 is 0 Å². The summed E-state index contributed by atoms with van der Waals surface area (Å²) < 4.78 is 0. The number of hydrogen-bond acceptors (Lipinski definition) is 4. The normalized spacial score (nSPS) is 21.9. The number of rotatable bonds is 4. The fourth-order valence-electron chi connectivity index (χ4n) is 3.93. The van der Waals surface area contributed by atoms with E-state index < -0.39 is 0 Å². The molecule has 4 heteroatoms. The minimum Gasteiger partial charge on any atom is -0.355 e. The van der Waals surface area contributed by atoms with Gasteiger partial charge in [-0.1, -0.05) is 13.8 Å². The summed E-state index contributed by atoms with van der Waals surface area (Å²) in [4.78, 5) is 14.6. The van der Waals surface area contributed by atoms with E-state index in [1.165, 1.54) is 36.3 Å². The molecule has 3 rings (SSSR count). The Morgan fingerprint density at radius 3 is 2.67 bits per heavy atom. The average molecular weight is 288 g/mol. The summed E-state index contributed by atoms with van der Waals surface area (Å²) in [5.41, 5.74) is 2.75. The van der Waals surface area contributed by atoms with Crippen LogP contribution >= 0.6 is 0 Å². The van der Waals surface area contributed by atoms with Crippen LogP contribution in [0.5, 0.6) is 0 Å². The molecule has 0 N–H and O–H groups in total. The predicted octanol–water partition coefficient (Wildman–Crippen LogP) is 2.58. The fourth-order valence-corrected chi connectivity index (χ4v) is 3.93. The van der Waals surface area contributed by atoms with E-state index in [0.29, 0.717) is 6.04 Å². The van der Waals surface area contributed by atoms with Gasteiger partial charge in [0.15, 0.2) is 0 Å². The lowest BCUT2D eigenvalue weighted by Gasteiger charge is -2.28. The molecule has 1 saturated heterocycles. The van der Waals surface area contributed by atoms with Crippen LogP contribution in [0.2, 0.25) is 0 Å². The number of aromatic nitrogens is 2. The van der Waals surface area contributed by atoms with Gasteiger partial charge in [-0.2, -0.15) is 0 Å². The van der Waals surface area contributed by atoms with Crippen LogP contribution in [0.3, 0.4) is 0 Å². The molecule has 0 bridgehead atoms. The molecule has 1 aromatic heterocycles. The maximum atomic E-state index is 4.81. The van der Waals surface area contributed by atoms with E-state index in [2.05, 4.69) is 28.6 Å². The SMILES string of the molecule is CCN(CC)C1CCN(c2nc(C)nc3c2CCCC3)C1. The summed E-state index contributed by atoms with van der Waals surface area (Å²) in [6, 6.07) is 0.689. The molecule has 1 fully saturated rings. The second-order valence-corrected chi connectivity index (χ2v) is 6.34. The first-order valence-corrected chi connectivity index (χ1v) is 8.58. The number of likely N-dealkylation sites (N-methyl/N-ethyl adjacent to an activating group) is 1. The fraction of sp³-hybridized carbons (Fsp3) is 0.765. The van der Waals surface area contributed by atoms with Crippen molar-refractivity contribution < 1.29 is 0 Å². The zero-order valence-corrected chi connectivity index (χ0v) is 13.7. The Kier molecular flexibility index (Phi) is 4.43. The van der Waals surface area contributed by atoms with Gasteiger partial charge in [-0.15, -0.1) is 0 Å². The highest BCUT2D eigenvalue weighted by molar-refractivity contribution is 5.51. The summed E-state index contributed by atoms with van der Waals surface area (Å²) in [5, 5.41) is 0. The van der Waals surface area contributed by atoms with Gasteiger partial charge in [0.2, 0.25) is 0 Å². The third-order valence-electron chi connectivity index (χ3n) is 5.06. The third kappa shape index (κ3) is 2.91. The van der Waals surface area contributed by atoms with Crippen molar-refractivity contribution in [1.29, 1.82) is 0 Å². The summed E-state index contributed by atoms with van der Waals surface area (Å²) in [5.74, 6) is 2.18. The molecule has 1 aliphatic carbocycles. The van der Waals surface area contributed by atoms with Gasteiger partial charge >= 0.3 is 0 Å². The summed E-state index contributed by atoms with van der Waals surface area (Å²) in [6.45, 7) is 11.1. The minimum atomic E-state index is 0.689. The van der Waals surface area contributed by atoms with E-state index in [-0.39, 0.29) is 0 Å². The molecule has 4 nitrogen and oxygen atoms in total. The van der Waals surface area contributed by atoms with Crippen molar-refractivity contribution in [2.45, 2.75) is 58.9 Å². The standard InChI is InChI=1S/C17H28N4/c1-4-20(5-2)14-10-11-21(12-14)17-15-8-6-7-9-16(15)18-13(3)19-17/h14H,4-12H2,1-3H3. The number of aryl methyl sites for hydroxylation is 2. The van der Waals surface area contributed by atoms with Crippen LogP contribution in [0.1, 0.15) is 50.2 Å². The minimum absolute atomic E-state index is 0.689. The molecule has 1 unspecified atom stereocenters. The quantitative estimate of drug-likeness (QED) is 0.852. The van der Waals surface area contributed by atoms with Gasteiger partial charge in [-0.3, -0.25) is 4.90 Å². The summed E-state index contributed by atoms with van der Waals surface area (Å²) in [6.07, 6.45) is 6.14. The Bertz CT molecular complexity index is 496. The van der Waals surface area contributed by atoms with Gasteiger partial charge in [0.25, 0.3) is 0 Å². The molecule has 1 aromatic rings. The van der Waals surface area contributed by atoms with Gasteiger partial charge in [0, 0.05) is 30.4 Å². The van der Waals surface area contributed by atoms with Gasteiger partial charge < -0.3 is 4.90 Å². The second-order valence-electron chi connectivity index (χ2n) is 6.34. The molecule has 0 aromatic carbocycles. The Labute approximate surface area is 128 Å². The van der Waals surface area contributed by atoms with Crippen molar-refractivity contribution >= 4 is 5.82 Å². The number of hydrogen-bond donors (Lipinski definition) is 0. The smallest absolute Gasteiger partial charge is 0.135 e. The van der Waals surface area contributed by atoms with Crippen molar-refractivity contribution in [3.8, 4) is 0 Å². The first kappa shape index (κ1) is 14.8.